The van der Waals surface area contributed by atoms with Gasteiger partial charge < -0.3 is 23.6 Å². The minimum atomic E-state index is -4.90. The van der Waals surface area contributed by atoms with E-state index in [9.17, 15) is 14.4 Å². The second-order valence-electron chi connectivity index (χ2n) is 1.22. The summed E-state index contributed by atoms with van der Waals surface area (Å²) in [5, 5.41) is 7.74. The normalized spacial score (nSPS) is 10.5. The van der Waals surface area contributed by atoms with Crippen molar-refractivity contribution in [2.45, 2.75) is 0 Å². The van der Waals surface area contributed by atoms with E-state index in [-0.39, 0.29) is 6.61 Å². The Morgan fingerprint density at radius 1 is 1.50 bits per heavy atom. The largest absolute Gasteiger partial charge is 0.790 e. The highest BCUT2D eigenvalue weighted by Gasteiger charge is 1.90. The van der Waals surface area contributed by atoms with Crippen LogP contribution in [0.4, 0.5) is 0 Å². The van der Waals surface area contributed by atoms with Crippen LogP contribution in [0.3, 0.4) is 0 Å². The number of hydrogen-bond donors (Lipinski definition) is 0. The zero-order valence-corrected chi connectivity index (χ0v) is 5.74. The summed E-state index contributed by atoms with van der Waals surface area (Å²) in [5.41, 5.74) is 0. The van der Waals surface area contributed by atoms with E-state index >= 15 is 0 Å². The van der Waals surface area contributed by atoms with Gasteiger partial charge in [0.1, 0.15) is 6.61 Å². The number of nitriles is 1. The summed E-state index contributed by atoms with van der Waals surface area (Å²) in [6.45, 7) is -0.650. The van der Waals surface area contributed by atoms with Crippen LogP contribution in [0.25, 0.3) is 0 Å². The molecule has 0 saturated carbocycles. The van der Waals surface area contributed by atoms with Crippen LogP contribution in [0, 0.1) is 11.5 Å². The summed E-state index contributed by atoms with van der Waals surface area (Å²) in [6.07, 6.45) is 1.28. The fourth-order valence-electron chi connectivity index (χ4n) is 0.236. The highest BCUT2D eigenvalue weighted by Crippen LogP contribution is 2.23. The van der Waals surface area contributed by atoms with Crippen LogP contribution in [0.15, 0.2) is 0 Å². The molecule has 10 heavy (non-hydrogen) atoms. The third kappa shape index (κ3) is 7.40. The van der Waals surface area contributed by atoms with E-state index in [1.54, 1.807) is 0 Å². The summed E-state index contributed by atoms with van der Waals surface area (Å²) in [4.78, 5) is 19.4. The fourth-order valence-corrected chi connectivity index (χ4v) is 0.535. The summed E-state index contributed by atoms with van der Waals surface area (Å²) in [5.74, 6) is 0. The molecule has 0 amide bonds. The molecule has 0 aromatic rings. The number of phosphoric ester groups is 1. The maximum absolute atomic E-state index is 9.71. The van der Waals surface area contributed by atoms with E-state index < -0.39 is 14.4 Å². The SMILES string of the molecule is N#COCCOP(=O)([O-])[O-]. The third-order valence-electron chi connectivity index (χ3n) is 0.499. The van der Waals surface area contributed by atoms with E-state index in [0.717, 1.165) is 0 Å². The molecule has 0 unspecified atom stereocenters. The summed E-state index contributed by atoms with van der Waals surface area (Å²) < 4.78 is 17.4. The van der Waals surface area contributed by atoms with Gasteiger partial charge in [-0.1, -0.05) is 0 Å². The molecule has 0 aromatic heterocycles. The van der Waals surface area contributed by atoms with Crippen molar-refractivity contribution in [1.29, 1.82) is 5.26 Å². The summed E-state index contributed by atoms with van der Waals surface area (Å²) >= 11 is 0. The first-order chi connectivity index (χ1) is 4.56. The number of ether oxygens (including phenoxy) is 1. The minimum Gasteiger partial charge on any atom is -0.790 e. The van der Waals surface area contributed by atoms with Crippen LogP contribution in [0.5, 0.6) is 0 Å². The van der Waals surface area contributed by atoms with Gasteiger partial charge in [-0.15, -0.1) is 0 Å². The van der Waals surface area contributed by atoms with E-state index in [0.29, 0.717) is 0 Å². The van der Waals surface area contributed by atoms with Crippen LogP contribution in [-0.2, 0) is 13.8 Å². The first-order valence-corrected chi connectivity index (χ1v) is 3.70. The maximum Gasteiger partial charge on any atom is 0.286 e. The van der Waals surface area contributed by atoms with Gasteiger partial charge in [-0.3, -0.25) is 0 Å². The molecule has 0 fully saturated rings. The molecule has 0 atom stereocenters. The predicted octanol–water partition coefficient (Wildman–Crippen LogP) is -1.67. The van der Waals surface area contributed by atoms with Gasteiger partial charge in [0, 0.05) is 0 Å². The first kappa shape index (κ1) is 9.40. The number of hydrogen-bond acceptors (Lipinski definition) is 6. The van der Waals surface area contributed by atoms with Crippen molar-refractivity contribution in [2.24, 2.45) is 0 Å². The Kier molecular flexibility index (Phi) is 4.00. The third-order valence-corrected chi connectivity index (χ3v) is 0.998. The summed E-state index contributed by atoms with van der Waals surface area (Å²) in [6, 6.07) is 0. The number of nitrogens with zero attached hydrogens (tertiary/aromatic N) is 1. The fraction of sp³-hybridized carbons (Fsp3) is 0.667. The maximum atomic E-state index is 9.71. The van der Waals surface area contributed by atoms with E-state index in [2.05, 4.69) is 9.26 Å². The number of rotatable bonds is 4. The molecule has 0 bridgehead atoms. The average molecular weight is 165 g/mol. The van der Waals surface area contributed by atoms with Crippen LogP contribution in [-0.4, -0.2) is 13.2 Å². The molecule has 0 aliphatic rings. The van der Waals surface area contributed by atoms with Gasteiger partial charge in [0.05, 0.1) is 14.4 Å². The lowest BCUT2D eigenvalue weighted by Crippen LogP contribution is -2.18. The van der Waals surface area contributed by atoms with Gasteiger partial charge in [-0.2, -0.15) is 5.26 Å². The Labute approximate surface area is 57.2 Å². The average Bonchev–Trinajstić information content (AvgIpc) is 1.78. The molecule has 0 radical (unpaired) electrons. The van der Waals surface area contributed by atoms with Crippen molar-refractivity contribution < 1.29 is 23.6 Å². The van der Waals surface area contributed by atoms with Crippen molar-refractivity contribution in [1.82, 2.24) is 0 Å². The van der Waals surface area contributed by atoms with Crippen molar-refractivity contribution in [3.8, 4) is 6.26 Å². The molecule has 58 valence electrons. The van der Waals surface area contributed by atoms with E-state index in [1.165, 1.54) is 6.26 Å². The second kappa shape index (κ2) is 4.25. The molecule has 6 nitrogen and oxygen atoms in total. The first-order valence-electron chi connectivity index (χ1n) is 2.24. The quantitative estimate of drug-likeness (QED) is 0.280. The molecule has 0 aromatic carbocycles. The highest BCUT2D eigenvalue weighted by atomic mass is 31.2. The lowest BCUT2D eigenvalue weighted by molar-refractivity contribution is -0.342. The minimum absolute atomic E-state index is 0.231. The lowest BCUT2D eigenvalue weighted by atomic mass is 10.8. The Bertz CT molecular complexity index is 168. The molecule has 7 heteroatoms. The zero-order chi connectivity index (χ0) is 8.04. The zero-order valence-electron chi connectivity index (χ0n) is 4.85. The molecule has 0 spiro atoms. The molecular weight excluding hydrogens is 161 g/mol. The van der Waals surface area contributed by atoms with Gasteiger partial charge >= 0.3 is 0 Å². The molecule has 0 N–H and O–H groups in total. The van der Waals surface area contributed by atoms with Gasteiger partial charge in [0.25, 0.3) is 6.26 Å². The van der Waals surface area contributed by atoms with Crippen LogP contribution in [0.1, 0.15) is 0 Å². The van der Waals surface area contributed by atoms with Gasteiger partial charge in [0.2, 0.25) is 0 Å². The van der Waals surface area contributed by atoms with Crippen molar-refractivity contribution in [3.63, 3.8) is 0 Å². The predicted molar refractivity (Wildman–Crippen MR) is 25.1 cm³/mol. The molecule has 0 aliphatic heterocycles. The smallest absolute Gasteiger partial charge is 0.286 e. The van der Waals surface area contributed by atoms with Crippen molar-refractivity contribution in [2.75, 3.05) is 13.2 Å². The Morgan fingerprint density at radius 3 is 2.50 bits per heavy atom. The summed E-state index contributed by atoms with van der Waals surface area (Å²) in [7, 11) is -4.90. The molecular formula is C3H4NO5P-2. The lowest BCUT2D eigenvalue weighted by Gasteiger charge is -2.27. The molecule has 0 saturated heterocycles. The van der Waals surface area contributed by atoms with Crippen LogP contribution < -0.4 is 9.79 Å². The second-order valence-corrected chi connectivity index (χ2v) is 2.37. The van der Waals surface area contributed by atoms with Gasteiger partial charge in [-0.05, 0) is 0 Å². The van der Waals surface area contributed by atoms with E-state index in [1.807, 2.05) is 0 Å². The Morgan fingerprint density at radius 2 is 2.10 bits per heavy atom. The van der Waals surface area contributed by atoms with Crippen molar-refractivity contribution in [3.05, 3.63) is 0 Å². The Hall–Kier alpha value is -0.600. The van der Waals surface area contributed by atoms with Crippen LogP contribution >= 0.6 is 7.82 Å². The van der Waals surface area contributed by atoms with E-state index in [4.69, 9.17) is 5.26 Å². The van der Waals surface area contributed by atoms with Crippen LogP contribution in [0.2, 0.25) is 0 Å². The molecule has 0 aliphatic carbocycles. The monoisotopic (exact) mass is 165 g/mol. The number of phosphoric acid groups is 1. The van der Waals surface area contributed by atoms with Gasteiger partial charge in [-0.25, -0.2) is 0 Å². The molecule has 0 rings (SSSR count). The standard InChI is InChI=1S/C3H6NO5P/c4-3-8-1-2-9-10(5,6)7/h1-2H2,(H2,5,6,7)/p-2. The highest BCUT2D eigenvalue weighted by molar-refractivity contribution is 7.43. The topological polar surface area (TPSA) is 105 Å². The Balaban J connectivity index is 3.23. The van der Waals surface area contributed by atoms with Gasteiger partial charge in [0.15, 0.2) is 0 Å². The van der Waals surface area contributed by atoms with Crippen molar-refractivity contribution >= 4 is 7.82 Å². The molecule has 0 heterocycles.